The van der Waals surface area contributed by atoms with E-state index in [0.29, 0.717) is 43.3 Å². The number of carbonyl (C=O) groups excluding carboxylic acids is 1. The molecule has 0 aromatic carbocycles. The number of ether oxygens (including phenoxy) is 2. The average Bonchev–Trinajstić information content (AvgIpc) is 2.66. The van der Waals surface area contributed by atoms with Gasteiger partial charge in [0, 0.05) is 13.1 Å². The van der Waals surface area contributed by atoms with Crippen LogP contribution in [0.2, 0.25) is 0 Å². The summed E-state index contributed by atoms with van der Waals surface area (Å²) in [4.78, 5) is 14.2. The quantitative estimate of drug-likeness (QED) is 0.780. The first-order valence-corrected chi connectivity index (χ1v) is 6.82. The minimum absolute atomic E-state index is 0.0169. The molecule has 0 atom stereocenters. The van der Waals surface area contributed by atoms with Gasteiger partial charge in [0.15, 0.2) is 5.79 Å². The van der Waals surface area contributed by atoms with Gasteiger partial charge in [0.05, 0.1) is 24.3 Å². The monoisotopic (exact) mass is 280 g/mol. The number of nitrogens with zero attached hydrogens (tertiary/aromatic N) is 2. The summed E-state index contributed by atoms with van der Waals surface area (Å²) in [6.45, 7) is 9.94. The van der Waals surface area contributed by atoms with Crippen molar-refractivity contribution in [2.24, 2.45) is 5.41 Å². The molecule has 1 spiro atoms. The molecule has 0 unspecified atom stereocenters. The molecule has 0 radical (unpaired) electrons. The van der Waals surface area contributed by atoms with Crippen LogP contribution < -0.4 is 0 Å². The van der Waals surface area contributed by atoms with Gasteiger partial charge in [0.2, 0.25) is 0 Å². The van der Waals surface area contributed by atoms with Crippen molar-refractivity contribution in [1.82, 2.24) is 10.1 Å². The largest absolute Gasteiger partial charge is 0.361 e. The molecule has 2 saturated heterocycles. The van der Waals surface area contributed by atoms with E-state index in [1.165, 1.54) is 0 Å². The van der Waals surface area contributed by atoms with Crippen LogP contribution in [0.25, 0.3) is 0 Å². The Morgan fingerprint density at radius 2 is 1.80 bits per heavy atom. The lowest BCUT2D eigenvalue weighted by Crippen LogP contribution is -2.65. The first kappa shape index (κ1) is 13.6. The molecule has 2 aliphatic heterocycles. The Hall–Kier alpha value is -1.40. The smallest absolute Gasteiger partial charge is 0.259 e. The van der Waals surface area contributed by atoms with Crippen molar-refractivity contribution >= 4 is 5.91 Å². The van der Waals surface area contributed by atoms with Gasteiger partial charge in [-0.2, -0.15) is 0 Å². The molecule has 110 valence electrons. The Kier molecular flexibility index (Phi) is 2.92. The first-order chi connectivity index (χ1) is 9.32. The summed E-state index contributed by atoms with van der Waals surface area (Å²) in [6.07, 6.45) is 0. The van der Waals surface area contributed by atoms with E-state index in [9.17, 15) is 4.79 Å². The van der Waals surface area contributed by atoms with Gasteiger partial charge in [-0.15, -0.1) is 0 Å². The number of carbonyl (C=O) groups is 1. The average molecular weight is 280 g/mol. The van der Waals surface area contributed by atoms with Crippen molar-refractivity contribution in [1.29, 1.82) is 0 Å². The Bertz CT molecular complexity index is 512. The number of aromatic nitrogens is 1. The molecule has 0 bridgehead atoms. The van der Waals surface area contributed by atoms with Crippen LogP contribution in [0.1, 0.15) is 35.7 Å². The van der Waals surface area contributed by atoms with Crippen molar-refractivity contribution in [3.05, 3.63) is 17.0 Å². The number of rotatable bonds is 1. The maximum Gasteiger partial charge on any atom is 0.259 e. The Morgan fingerprint density at radius 1 is 1.20 bits per heavy atom. The zero-order valence-corrected chi connectivity index (χ0v) is 12.4. The number of hydrogen-bond acceptors (Lipinski definition) is 5. The molecule has 0 saturated carbocycles. The van der Waals surface area contributed by atoms with Crippen LogP contribution in [-0.4, -0.2) is 48.1 Å². The van der Waals surface area contributed by atoms with Crippen molar-refractivity contribution in [3.63, 3.8) is 0 Å². The third kappa shape index (κ3) is 2.13. The van der Waals surface area contributed by atoms with E-state index < -0.39 is 5.79 Å². The fraction of sp³-hybridized carbons (Fsp3) is 0.714. The highest BCUT2D eigenvalue weighted by Crippen LogP contribution is 2.38. The molecule has 3 rings (SSSR count). The number of aryl methyl sites for hydroxylation is 2. The minimum Gasteiger partial charge on any atom is -0.361 e. The van der Waals surface area contributed by atoms with Crippen molar-refractivity contribution in [2.75, 3.05) is 26.3 Å². The van der Waals surface area contributed by atoms with Crippen LogP contribution in [0.15, 0.2) is 4.52 Å². The molecule has 1 aromatic heterocycles. The fourth-order valence-corrected chi connectivity index (χ4v) is 2.77. The molecule has 0 aliphatic carbocycles. The van der Waals surface area contributed by atoms with E-state index in [4.69, 9.17) is 14.0 Å². The van der Waals surface area contributed by atoms with Gasteiger partial charge in [-0.05, 0) is 27.7 Å². The van der Waals surface area contributed by atoms with E-state index in [-0.39, 0.29) is 11.3 Å². The Morgan fingerprint density at radius 3 is 2.30 bits per heavy atom. The van der Waals surface area contributed by atoms with Gasteiger partial charge < -0.3 is 18.9 Å². The highest BCUT2D eigenvalue weighted by Gasteiger charge is 2.50. The van der Waals surface area contributed by atoms with E-state index in [1.54, 1.807) is 18.7 Å². The minimum atomic E-state index is -0.517. The SMILES string of the molecule is Cc1noc(C)c1C(=O)N1CC2(COC(C)(C)OC2)C1. The molecular formula is C14H20N2O4. The van der Waals surface area contributed by atoms with Crippen molar-refractivity contribution in [3.8, 4) is 0 Å². The zero-order chi connectivity index (χ0) is 14.5. The van der Waals surface area contributed by atoms with E-state index in [1.807, 2.05) is 13.8 Å². The molecule has 2 fully saturated rings. The lowest BCUT2D eigenvalue weighted by molar-refractivity contribution is -0.301. The Labute approximate surface area is 118 Å². The van der Waals surface area contributed by atoms with Gasteiger partial charge in [-0.3, -0.25) is 4.79 Å². The van der Waals surface area contributed by atoms with Crippen LogP contribution in [0.3, 0.4) is 0 Å². The normalized spacial score (nSPS) is 23.7. The molecule has 1 amide bonds. The third-order valence-electron chi connectivity index (χ3n) is 4.04. The van der Waals surface area contributed by atoms with Crippen LogP contribution >= 0.6 is 0 Å². The fourth-order valence-electron chi connectivity index (χ4n) is 2.77. The van der Waals surface area contributed by atoms with Crippen molar-refractivity contribution in [2.45, 2.75) is 33.5 Å². The highest BCUT2D eigenvalue weighted by atomic mass is 16.7. The van der Waals surface area contributed by atoms with Crippen LogP contribution in [0.5, 0.6) is 0 Å². The third-order valence-corrected chi connectivity index (χ3v) is 4.04. The molecule has 20 heavy (non-hydrogen) atoms. The topological polar surface area (TPSA) is 64.8 Å². The summed E-state index contributed by atoms with van der Waals surface area (Å²) < 4.78 is 16.4. The van der Waals surface area contributed by atoms with Crippen LogP contribution in [-0.2, 0) is 9.47 Å². The van der Waals surface area contributed by atoms with E-state index in [2.05, 4.69) is 5.16 Å². The molecule has 1 aromatic rings. The predicted octanol–water partition coefficient (Wildman–Crippen LogP) is 1.52. The summed E-state index contributed by atoms with van der Waals surface area (Å²) in [6, 6.07) is 0. The maximum absolute atomic E-state index is 12.4. The summed E-state index contributed by atoms with van der Waals surface area (Å²) in [5.41, 5.74) is 1.17. The lowest BCUT2D eigenvalue weighted by atomic mass is 9.80. The molecular weight excluding hydrogens is 260 g/mol. The van der Waals surface area contributed by atoms with Gasteiger partial charge in [0.1, 0.15) is 11.3 Å². The van der Waals surface area contributed by atoms with Crippen molar-refractivity contribution < 1.29 is 18.8 Å². The molecule has 6 heteroatoms. The van der Waals surface area contributed by atoms with Gasteiger partial charge in [-0.1, -0.05) is 5.16 Å². The highest BCUT2D eigenvalue weighted by molar-refractivity contribution is 5.96. The molecule has 2 aliphatic rings. The number of likely N-dealkylation sites (tertiary alicyclic amines) is 1. The predicted molar refractivity (Wildman–Crippen MR) is 70.3 cm³/mol. The number of amides is 1. The summed E-state index contributed by atoms with van der Waals surface area (Å²) in [5, 5.41) is 3.83. The van der Waals surface area contributed by atoms with E-state index in [0.717, 1.165) is 0 Å². The second kappa shape index (κ2) is 4.30. The molecule has 3 heterocycles. The summed E-state index contributed by atoms with van der Waals surface area (Å²) >= 11 is 0. The number of hydrogen-bond donors (Lipinski definition) is 0. The standard InChI is InChI=1S/C14H20N2O4/c1-9-11(10(2)20-15-9)12(17)16-5-14(6-16)7-18-13(3,4)19-8-14/h5-8H2,1-4H3. The summed E-state index contributed by atoms with van der Waals surface area (Å²) in [7, 11) is 0. The van der Waals surface area contributed by atoms with E-state index >= 15 is 0 Å². The first-order valence-electron chi connectivity index (χ1n) is 6.82. The van der Waals surface area contributed by atoms with Gasteiger partial charge in [0.25, 0.3) is 5.91 Å². The maximum atomic E-state index is 12.4. The van der Waals surface area contributed by atoms with Crippen LogP contribution in [0.4, 0.5) is 0 Å². The second-order valence-electron chi connectivity index (χ2n) is 6.34. The van der Waals surface area contributed by atoms with Gasteiger partial charge in [-0.25, -0.2) is 0 Å². The lowest BCUT2D eigenvalue weighted by Gasteiger charge is -2.53. The summed E-state index contributed by atoms with van der Waals surface area (Å²) in [5.74, 6) is 0.0413. The van der Waals surface area contributed by atoms with Gasteiger partial charge >= 0.3 is 0 Å². The van der Waals surface area contributed by atoms with Crippen LogP contribution in [0, 0.1) is 19.3 Å². The second-order valence-corrected chi connectivity index (χ2v) is 6.34. The molecule has 0 N–H and O–H groups in total. The Balaban J connectivity index is 1.65. The zero-order valence-electron chi connectivity index (χ0n) is 12.4. The molecule has 6 nitrogen and oxygen atoms in total.